The van der Waals surface area contributed by atoms with Crippen molar-refractivity contribution in [3.63, 3.8) is 0 Å². The van der Waals surface area contributed by atoms with Crippen LogP contribution in [0.1, 0.15) is 12.7 Å². The molecule has 108 valence electrons. The quantitative estimate of drug-likeness (QED) is 0.911. The van der Waals surface area contributed by atoms with E-state index in [1.54, 1.807) is 7.05 Å². The summed E-state index contributed by atoms with van der Waals surface area (Å²) in [6.07, 6.45) is 0.513. The average molecular weight is 283 g/mol. The van der Waals surface area contributed by atoms with E-state index >= 15 is 0 Å². The summed E-state index contributed by atoms with van der Waals surface area (Å²) in [6, 6.07) is 2.12. The van der Waals surface area contributed by atoms with E-state index in [2.05, 4.69) is 15.5 Å². The van der Waals surface area contributed by atoms with Crippen LogP contribution in [0.5, 0.6) is 5.75 Å². The van der Waals surface area contributed by atoms with Crippen LogP contribution in [0.15, 0.2) is 16.7 Å². The summed E-state index contributed by atoms with van der Waals surface area (Å²) in [5.41, 5.74) is -0.164. The van der Waals surface area contributed by atoms with Crippen molar-refractivity contribution < 1.29 is 18.0 Å². The highest BCUT2D eigenvalue weighted by Gasteiger charge is 2.22. The van der Waals surface area contributed by atoms with Gasteiger partial charge < -0.3 is 14.6 Å². The van der Waals surface area contributed by atoms with Crippen molar-refractivity contribution in [1.82, 2.24) is 15.5 Å². The molecule has 1 N–H and O–H groups in total. The lowest BCUT2D eigenvalue weighted by molar-refractivity contribution is 0.376. The van der Waals surface area contributed by atoms with E-state index in [-0.39, 0.29) is 23.2 Å². The lowest BCUT2D eigenvalue weighted by atomic mass is 10.1. The predicted molar refractivity (Wildman–Crippen MR) is 68.4 cm³/mol. The van der Waals surface area contributed by atoms with Crippen molar-refractivity contribution in [2.24, 2.45) is 0 Å². The van der Waals surface area contributed by atoms with Gasteiger partial charge in [0.15, 0.2) is 17.4 Å². The summed E-state index contributed by atoms with van der Waals surface area (Å²) < 4.78 is 37.3. The molecule has 0 amide bonds. The molecule has 0 aliphatic carbocycles. The van der Waals surface area contributed by atoms with Crippen LogP contribution in [0.4, 0.5) is 8.78 Å². The summed E-state index contributed by atoms with van der Waals surface area (Å²) in [6.45, 7) is 1.94. The third-order valence-corrected chi connectivity index (χ3v) is 2.93. The second kappa shape index (κ2) is 5.96. The summed E-state index contributed by atoms with van der Waals surface area (Å²) in [4.78, 5) is 4.07. The van der Waals surface area contributed by atoms with Gasteiger partial charge in [-0.15, -0.1) is 0 Å². The number of aromatic nitrogens is 2. The Labute approximate surface area is 114 Å². The number of ether oxygens (including phenoxy) is 1. The van der Waals surface area contributed by atoms with Gasteiger partial charge in [0.1, 0.15) is 11.4 Å². The van der Waals surface area contributed by atoms with Gasteiger partial charge in [-0.1, -0.05) is 5.16 Å². The molecular formula is C13H15F2N3O2. The summed E-state index contributed by atoms with van der Waals surface area (Å²) in [5.74, 6) is -1.31. The van der Waals surface area contributed by atoms with E-state index in [4.69, 9.17) is 9.26 Å². The molecule has 5 nitrogen and oxygen atoms in total. The topological polar surface area (TPSA) is 60.2 Å². The summed E-state index contributed by atoms with van der Waals surface area (Å²) in [5, 5.41) is 6.78. The molecule has 0 spiro atoms. The second-order valence-corrected chi connectivity index (χ2v) is 4.35. The van der Waals surface area contributed by atoms with E-state index < -0.39 is 11.6 Å². The number of methoxy groups -OCH3 is 1. The maximum atomic E-state index is 13.9. The van der Waals surface area contributed by atoms with Gasteiger partial charge in [-0.2, -0.15) is 4.98 Å². The van der Waals surface area contributed by atoms with E-state index in [9.17, 15) is 8.78 Å². The van der Waals surface area contributed by atoms with Crippen LogP contribution >= 0.6 is 0 Å². The van der Waals surface area contributed by atoms with Gasteiger partial charge >= 0.3 is 0 Å². The van der Waals surface area contributed by atoms with Crippen LogP contribution in [-0.2, 0) is 6.42 Å². The van der Waals surface area contributed by atoms with Gasteiger partial charge in [0.25, 0.3) is 5.89 Å². The van der Waals surface area contributed by atoms with E-state index in [0.29, 0.717) is 12.2 Å². The van der Waals surface area contributed by atoms with Gasteiger partial charge in [0.2, 0.25) is 0 Å². The van der Waals surface area contributed by atoms with Crippen molar-refractivity contribution in [2.45, 2.75) is 19.4 Å². The van der Waals surface area contributed by atoms with Crippen LogP contribution in [0, 0.1) is 11.6 Å². The number of benzene rings is 1. The predicted octanol–water partition coefficient (Wildman–Crippen LogP) is 2.17. The summed E-state index contributed by atoms with van der Waals surface area (Å²) in [7, 11) is 3.06. The molecule has 1 unspecified atom stereocenters. The number of hydrogen-bond donors (Lipinski definition) is 1. The van der Waals surface area contributed by atoms with Crippen LogP contribution in [0.2, 0.25) is 0 Å². The summed E-state index contributed by atoms with van der Waals surface area (Å²) >= 11 is 0. The number of nitrogens with one attached hydrogen (secondary N) is 1. The molecule has 0 saturated heterocycles. The van der Waals surface area contributed by atoms with Gasteiger partial charge in [0.05, 0.1) is 7.11 Å². The zero-order valence-electron chi connectivity index (χ0n) is 11.4. The Morgan fingerprint density at radius 2 is 2.05 bits per heavy atom. The Bertz CT molecular complexity index is 601. The normalized spacial score (nSPS) is 12.4. The first-order valence-corrected chi connectivity index (χ1v) is 6.09. The van der Waals surface area contributed by atoms with Crippen molar-refractivity contribution >= 4 is 0 Å². The highest BCUT2D eigenvalue weighted by molar-refractivity contribution is 5.63. The zero-order valence-corrected chi connectivity index (χ0v) is 11.4. The molecule has 2 aromatic rings. The number of rotatable bonds is 5. The third kappa shape index (κ3) is 2.77. The molecule has 0 bridgehead atoms. The van der Waals surface area contributed by atoms with Crippen LogP contribution < -0.4 is 10.1 Å². The van der Waals surface area contributed by atoms with Crippen LogP contribution in [0.25, 0.3) is 11.5 Å². The van der Waals surface area contributed by atoms with Gasteiger partial charge in [0, 0.05) is 12.5 Å². The van der Waals surface area contributed by atoms with Crippen molar-refractivity contribution in [3.05, 3.63) is 29.6 Å². The molecule has 0 aliphatic heterocycles. The average Bonchev–Trinajstić information content (AvgIpc) is 2.88. The Morgan fingerprint density at radius 1 is 1.35 bits per heavy atom. The highest BCUT2D eigenvalue weighted by atomic mass is 19.1. The standard InChI is InChI=1S/C13H15F2N3O2/c1-7(16-2)6-10-17-13(20-18-10)11-8(14)4-5-9(15)12(11)19-3/h4-5,7,16H,6H2,1-3H3. The monoisotopic (exact) mass is 283 g/mol. The molecular weight excluding hydrogens is 268 g/mol. The van der Waals surface area contributed by atoms with Crippen LogP contribution in [0.3, 0.4) is 0 Å². The molecule has 0 saturated carbocycles. The van der Waals surface area contributed by atoms with Crippen LogP contribution in [-0.4, -0.2) is 30.3 Å². The molecule has 0 aliphatic rings. The lowest BCUT2D eigenvalue weighted by Gasteiger charge is -2.07. The lowest BCUT2D eigenvalue weighted by Crippen LogP contribution is -2.24. The molecule has 2 rings (SSSR count). The number of halogens is 2. The smallest absolute Gasteiger partial charge is 0.264 e. The number of hydrogen-bond acceptors (Lipinski definition) is 5. The van der Waals surface area contributed by atoms with Gasteiger partial charge in [-0.25, -0.2) is 8.78 Å². The Hall–Kier alpha value is -2.02. The SMILES string of the molecule is CNC(C)Cc1noc(-c2c(F)ccc(F)c2OC)n1. The fourth-order valence-electron chi connectivity index (χ4n) is 1.75. The maximum absolute atomic E-state index is 13.9. The van der Waals surface area contributed by atoms with E-state index in [1.807, 2.05) is 6.92 Å². The fraction of sp³-hybridized carbons (Fsp3) is 0.385. The Kier molecular flexibility index (Phi) is 4.29. The third-order valence-electron chi connectivity index (χ3n) is 2.93. The molecule has 0 radical (unpaired) electrons. The molecule has 1 atom stereocenters. The molecule has 1 aromatic carbocycles. The highest BCUT2D eigenvalue weighted by Crippen LogP contribution is 2.33. The van der Waals surface area contributed by atoms with Crippen molar-refractivity contribution in [2.75, 3.05) is 14.2 Å². The van der Waals surface area contributed by atoms with E-state index in [1.165, 1.54) is 7.11 Å². The fourth-order valence-corrected chi connectivity index (χ4v) is 1.75. The number of likely N-dealkylation sites (N-methyl/N-ethyl adjacent to an activating group) is 1. The minimum absolute atomic E-state index is 0.0999. The minimum Gasteiger partial charge on any atom is -0.493 e. The Morgan fingerprint density at radius 3 is 2.70 bits per heavy atom. The molecule has 0 fully saturated rings. The van der Waals surface area contributed by atoms with E-state index in [0.717, 1.165) is 12.1 Å². The molecule has 1 heterocycles. The first kappa shape index (κ1) is 14.4. The minimum atomic E-state index is -0.688. The van der Waals surface area contributed by atoms with Crippen molar-refractivity contribution in [1.29, 1.82) is 0 Å². The zero-order chi connectivity index (χ0) is 14.7. The Balaban J connectivity index is 2.40. The maximum Gasteiger partial charge on any atom is 0.264 e. The number of nitrogens with zero attached hydrogens (tertiary/aromatic N) is 2. The molecule has 1 aromatic heterocycles. The molecule has 20 heavy (non-hydrogen) atoms. The van der Waals surface area contributed by atoms with Crippen molar-refractivity contribution in [3.8, 4) is 17.2 Å². The largest absolute Gasteiger partial charge is 0.493 e. The second-order valence-electron chi connectivity index (χ2n) is 4.35. The first-order valence-electron chi connectivity index (χ1n) is 6.09. The van der Waals surface area contributed by atoms with Gasteiger partial charge in [-0.3, -0.25) is 0 Å². The first-order chi connectivity index (χ1) is 9.56. The van der Waals surface area contributed by atoms with Gasteiger partial charge in [-0.05, 0) is 26.1 Å². The molecule has 7 heteroatoms.